The number of nitrogens with two attached hydrogens (primary N) is 1. The lowest BCUT2D eigenvalue weighted by molar-refractivity contribution is -0.119. The topological polar surface area (TPSA) is 59.2 Å². The van der Waals surface area contributed by atoms with Gasteiger partial charge in [0, 0.05) is 11.6 Å². The molecule has 0 saturated heterocycles. The van der Waals surface area contributed by atoms with Crippen LogP contribution in [0.4, 0.5) is 5.00 Å². The molecule has 0 aliphatic carbocycles. The van der Waals surface area contributed by atoms with Gasteiger partial charge in [0.2, 0.25) is 5.91 Å². The number of aryl methyl sites for hydroxylation is 3. The van der Waals surface area contributed by atoms with Crippen molar-refractivity contribution in [3.8, 4) is 0 Å². The van der Waals surface area contributed by atoms with Crippen molar-refractivity contribution in [3.05, 3.63) is 80.9 Å². The Kier molecular flexibility index (Phi) is 6.50. The van der Waals surface area contributed by atoms with Crippen LogP contribution >= 0.6 is 22.9 Å². The SMILES string of the molecule is Cc1ccc(CCN(C(=O)[C@@H](N)c2ccc(Cl)cc2)c2sc(C)nc2C)cc1. The predicted molar refractivity (Wildman–Crippen MR) is 117 cm³/mol. The average Bonchev–Trinajstić information content (AvgIpc) is 3.01. The Labute approximate surface area is 175 Å². The number of carbonyl (C=O) groups excluding carboxylic acids is 1. The summed E-state index contributed by atoms with van der Waals surface area (Å²) in [6.07, 6.45) is 0.746. The first-order valence-corrected chi connectivity index (χ1v) is 10.4. The summed E-state index contributed by atoms with van der Waals surface area (Å²) in [5.74, 6) is -0.138. The van der Waals surface area contributed by atoms with E-state index in [-0.39, 0.29) is 5.91 Å². The number of hydrogen-bond acceptors (Lipinski definition) is 4. The highest BCUT2D eigenvalue weighted by molar-refractivity contribution is 7.16. The number of amides is 1. The molecule has 3 aromatic rings. The zero-order valence-corrected chi connectivity index (χ0v) is 17.8. The molecular formula is C22H24ClN3OS. The standard InChI is InChI=1S/C22H24ClN3OS/c1-14-4-6-17(7-5-14)12-13-26(22-15(2)25-16(3)28-22)21(27)20(24)18-8-10-19(23)11-9-18/h4-11,20H,12-13,24H2,1-3H3/t20-/m0/s1. The lowest BCUT2D eigenvalue weighted by atomic mass is 10.1. The minimum absolute atomic E-state index is 0.138. The van der Waals surface area contributed by atoms with E-state index in [9.17, 15) is 4.79 Å². The van der Waals surface area contributed by atoms with Crippen LogP contribution in [0.3, 0.4) is 0 Å². The third-order valence-corrected chi connectivity index (χ3v) is 5.98. The van der Waals surface area contributed by atoms with E-state index in [0.717, 1.165) is 27.7 Å². The lowest BCUT2D eigenvalue weighted by Gasteiger charge is -2.25. The molecule has 0 saturated carbocycles. The van der Waals surface area contributed by atoms with Crippen molar-refractivity contribution >= 4 is 33.8 Å². The molecule has 0 bridgehead atoms. The van der Waals surface area contributed by atoms with Crippen molar-refractivity contribution in [3.63, 3.8) is 0 Å². The fourth-order valence-electron chi connectivity index (χ4n) is 3.06. The van der Waals surface area contributed by atoms with E-state index in [1.165, 1.54) is 22.5 Å². The second-order valence-corrected chi connectivity index (χ2v) is 8.50. The quantitative estimate of drug-likeness (QED) is 0.618. The van der Waals surface area contributed by atoms with Crippen LogP contribution in [-0.2, 0) is 11.2 Å². The summed E-state index contributed by atoms with van der Waals surface area (Å²) in [4.78, 5) is 19.6. The molecule has 28 heavy (non-hydrogen) atoms. The van der Waals surface area contributed by atoms with Crippen LogP contribution in [0.25, 0.3) is 0 Å². The summed E-state index contributed by atoms with van der Waals surface area (Å²) in [7, 11) is 0. The van der Waals surface area contributed by atoms with E-state index in [1.54, 1.807) is 29.2 Å². The normalized spacial score (nSPS) is 12.0. The minimum Gasteiger partial charge on any atom is -0.316 e. The number of nitrogens with zero attached hydrogens (tertiary/aromatic N) is 2. The molecule has 0 aliphatic heterocycles. The first-order chi connectivity index (χ1) is 13.3. The molecule has 6 heteroatoms. The van der Waals surface area contributed by atoms with Crippen LogP contribution in [0.5, 0.6) is 0 Å². The van der Waals surface area contributed by atoms with Crippen molar-refractivity contribution in [2.24, 2.45) is 5.73 Å². The molecular weight excluding hydrogens is 390 g/mol. The first-order valence-electron chi connectivity index (χ1n) is 9.17. The van der Waals surface area contributed by atoms with Crippen LogP contribution < -0.4 is 10.6 Å². The predicted octanol–water partition coefficient (Wildman–Crippen LogP) is 5.00. The molecule has 0 fully saturated rings. The molecule has 0 aliphatic rings. The highest BCUT2D eigenvalue weighted by Crippen LogP contribution is 2.30. The third kappa shape index (κ3) is 4.79. The highest BCUT2D eigenvalue weighted by Gasteiger charge is 2.26. The van der Waals surface area contributed by atoms with E-state index in [1.807, 2.05) is 13.8 Å². The Morgan fingerprint density at radius 2 is 1.75 bits per heavy atom. The van der Waals surface area contributed by atoms with E-state index in [4.69, 9.17) is 17.3 Å². The molecule has 1 aromatic heterocycles. The molecule has 0 spiro atoms. The summed E-state index contributed by atoms with van der Waals surface area (Å²) in [5, 5.41) is 2.41. The maximum atomic E-state index is 13.3. The van der Waals surface area contributed by atoms with Crippen molar-refractivity contribution in [1.29, 1.82) is 0 Å². The smallest absolute Gasteiger partial charge is 0.249 e. The molecule has 1 atom stereocenters. The number of benzene rings is 2. The van der Waals surface area contributed by atoms with Gasteiger partial charge in [-0.1, -0.05) is 53.6 Å². The Hall–Kier alpha value is -2.21. The summed E-state index contributed by atoms with van der Waals surface area (Å²) < 4.78 is 0. The minimum atomic E-state index is -0.753. The summed E-state index contributed by atoms with van der Waals surface area (Å²) >= 11 is 7.48. The van der Waals surface area contributed by atoms with E-state index >= 15 is 0 Å². The summed E-state index contributed by atoms with van der Waals surface area (Å²) in [6, 6.07) is 14.7. The van der Waals surface area contributed by atoms with Crippen molar-refractivity contribution in [2.45, 2.75) is 33.2 Å². The average molecular weight is 414 g/mol. The number of carbonyl (C=O) groups is 1. The molecule has 0 unspecified atom stereocenters. The first kappa shape index (κ1) is 20.5. The number of halogens is 1. The Morgan fingerprint density at radius 3 is 2.32 bits per heavy atom. The number of aromatic nitrogens is 1. The van der Waals surface area contributed by atoms with Crippen LogP contribution in [0.1, 0.15) is 33.4 Å². The fourth-order valence-corrected chi connectivity index (χ4v) is 4.13. The number of thiazole rings is 1. The molecule has 4 nitrogen and oxygen atoms in total. The van der Waals surface area contributed by atoms with Gasteiger partial charge in [0.1, 0.15) is 11.0 Å². The number of anilines is 1. The van der Waals surface area contributed by atoms with Gasteiger partial charge in [-0.05, 0) is 50.5 Å². The van der Waals surface area contributed by atoms with Crippen LogP contribution in [0.15, 0.2) is 48.5 Å². The molecule has 0 radical (unpaired) electrons. The van der Waals surface area contributed by atoms with Gasteiger partial charge in [-0.3, -0.25) is 4.79 Å². The van der Waals surface area contributed by atoms with E-state index in [0.29, 0.717) is 11.6 Å². The zero-order chi connectivity index (χ0) is 20.3. The maximum absolute atomic E-state index is 13.3. The third-order valence-electron chi connectivity index (χ3n) is 4.63. The van der Waals surface area contributed by atoms with Crippen molar-refractivity contribution in [1.82, 2.24) is 4.98 Å². The second-order valence-electron chi connectivity index (χ2n) is 6.88. The Morgan fingerprint density at radius 1 is 1.11 bits per heavy atom. The zero-order valence-electron chi connectivity index (χ0n) is 16.3. The van der Waals surface area contributed by atoms with Crippen LogP contribution in [-0.4, -0.2) is 17.4 Å². The van der Waals surface area contributed by atoms with E-state index in [2.05, 4.69) is 36.2 Å². The largest absolute Gasteiger partial charge is 0.316 e. The fraction of sp³-hybridized carbons (Fsp3) is 0.273. The molecule has 1 amide bonds. The number of rotatable bonds is 6. The van der Waals surface area contributed by atoms with Crippen molar-refractivity contribution in [2.75, 3.05) is 11.4 Å². The molecule has 1 heterocycles. The van der Waals surface area contributed by atoms with Crippen LogP contribution in [0.2, 0.25) is 5.02 Å². The van der Waals surface area contributed by atoms with Gasteiger partial charge >= 0.3 is 0 Å². The maximum Gasteiger partial charge on any atom is 0.249 e. The van der Waals surface area contributed by atoms with Gasteiger partial charge in [-0.2, -0.15) is 0 Å². The summed E-state index contributed by atoms with van der Waals surface area (Å²) in [6.45, 7) is 6.49. The summed E-state index contributed by atoms with van der Waals surface area (Å²) in [5.41, 5.74) is 10.3. The Balaban J connectivity index is 1.86. The number of hydrogen-bond donors (Lipinski definition) is 1. The van der Waals surface area contributed by atoms with Gasteiger partial charge in [-0.25, -0.2) is 4.98 Å². The molecule has 3 rings (SSSR count). The van der Waals surface area contributed by atoms with Gasteiger partial charge < -0.3 is 10.6 Å². The molecule has 2 aromatic carbocycles. The highest BCUT2D eigenvalue weighted by atomic mass is 35.5. The second kappa shape index (κ2) is 8.86. The lowest BCUT2D eigenvalue weighted by Crippen LogP contribution is -2.40. The molecule has 2 N–H and O–H groups in total. The van der Waals surface area contributed by atoms with Gasteiger partial charge in [0.25, 0.3) is 0 Å². The van der Waals surface area contributed by atoms with Crippen LogP contribution in [0, 0.1) is 20.8 Å². The van der Waals surface area contributed by atoms with Gasteiger partial charge in [0.15, 0.2) is 0 Å². The Bertz CT molecular complexity index is 951. The van der Waals surface area contributed by atoms with E-state index < -0.39 is 6.04 Å². The molecule has 146 valence electrons. The monoisotopic (exact) mass is 413 g/mol. The van der Waals surface area contributed by atoms with Crippen molar-refractivity contribution < 1.29 is 4.79 Å². The van der Waals surface area contributed by atoms with Gasteiger partial charge in [0.05, 0.1) is 10.7 Å². The van der Waals surface area contributed by atoms with Gasteiger partial charge in [-0.15, -0.1) is 11.3 Å².